The van der Waals surface area contributed by atoms with Crippen LogP contribution in [0.15, 0.2) is 53.0 Å². The van der Waals surface area contributed by atoms with Gasteiger partial charge in [0.05, 0.1) is 19.3 Å². The smallest absolute Gasteiger partial charge is 0.120 e. The molecule has 0 aliphatic rings. The number of halogens is 1. The van der Waals surface area contributed by atoms with Gasteiger partial charge in [0.25, 0.3) is 0 Å². The van der Waals surface area contributed by atoms with Crippen molar-refractivity contribution in [2.24, 2.45) is 0 Å². The second-order valence-electron chi connectivity index (χ2n) is 4.86. The number of aliphatic hydroxyl groups excluding tert-OH is 1. The molecule has 4 heteroatoms. The molecule has 3 nitrogen and oxygen atoms in total. The zero-order chi connectivity index (χ0) is 14.6. The number of methoxy groups -OCH3 is 1. The van der Waals surface area contributed by atoms with Gasteiger partial charge in [0.15, 0.2) is 0 Å². The molecule has 2 aromatic rings. The van der Waals surface area contributed by atoms with Gasteiger partial charge >= 0.3 is 0 Å². The van der Waals surface area contributed by atoms with Crippen LogP contribution in [-0.2, 0) is 5.54 Å². The molecular weight excluding hydrogens is 318 g/mol. The summed E-state index contributed by atoms with van der Waals surface area (Å²) < 4.78 is 6.21. The maximum absolute atomic E-state index is 9.81. The lowest BCUT2D eigenvalue weighted by molar-refractivity contribution is 0.224. The van der Waals surface area contributed by atoms with E-state index in [0.717, 1.165) is 21.5 Å². The zero-order valence-corrected chi connectivity index (χ0v) is 13.1. The highest BCUT2D eigenvalue weighted by atomic mass is 79.9. The minimum atomic E-state index is -0.559. The van der Waals surface area contributed by atoms with Crippen molar-refractivity contribution < 1.29 is 9.84 Å². The first-order valence-electron chi connectivity index (χ1n) is 6.36. The molecule has 0 aliphatic carbocycles. The maximum atomic E-state index is 9.81. The van der Waals surface area contributed by atoms with Crippen molar-refractivity contribution in [3.05, 3.63) is 58.6 Å². The monoisotopic (exact) mass is 335 g/mol. The Morgan fingerprint density at radius 2 is 1.95 bits per heavy atom. The topological polar surface area (TPSA) is 41.5 Å². The Balaban J connectivity index is 2.31. The second-order valence-corrected chi connectivity index (χ2v) is 5.77. The molecule has 2 rings (SSSR count). The minimum Gasteiger partial charge on any atom is -0.497 e. The third kappa shape index (κ3) is 3.32. The molecule has 0 saturated carbocycles. The van der Waals surface area contributed by atoms with Crippen molar-refractivity contribution in [3.63, 3.8) is 0 Å². The number of ether oxygens (including phenoxy) is 1. The summed E-state index contributed by atoms with van der Waals surface area (Å²) >= 11 is 3.46. The highest BCUT2D eigenvalue weighted by Gasteiger charge is 2.25. The van der Waals surface area contributed by atoms with Gasteiger partial charge in [0.2, 0.25) is 0 Å². The van der Waals surface area contributed by atoms with Crippen molar-refractivity contribution >= 4 is 21.6 Å². The first-order chi connectivity index (χ1) is 9.57. The molecule has 0 aromatic heterocycles. The SMILES string of the molecule is COc1cccc(NC(C)(CO)c2cccc(Br)c2)c1. The number of nitrogens with one attached hydrogen (secondary N) is 1. The predicted molar refractivity (Wildman–Crippen MR) is 85.2 cm³/mol. The molecule has 0 aliphatic heterocycles. The molecule has 106 valence electrons. The third-order valence-corrected chi connectivity index (χ3v) is 3.76. The van der Waals surface area contributed by atoms with E-state index in [2.05, 4.69) is 21.2 Å². The summed E-state index contributed by atoms with van der Waals surface area (Å²) in [5.41, 5.74) is 1.36. The number of rotatable bonds is 5. The van der Waals surface area contributed by atoms with Crippen LogP contribution in [0, 0.1) is 0 Å². The van der Waals surface area contributed by atoms with Crippen molar-refractivity contribution in [1.82, 2.24) is 0 Å². The largest absolute Gasteiger partial charge is 0.497 e. The van der Waals surface area contributed by atoms with Gasteiger partial charge < -0.3 is 15.2 Å². The fourth-order valence-corrected chi connectivity index (χ4v) is 2.45. The molecular formula is C16H18BrNO2. The lowest BCUT2D eigenvalue weighted by atomic mass is 9.92. The average Bonchev–Trinajstić information content (AvgIpc) is 2.47. The van der Waals surface area contributed by atoms with Gasteiger partial charge in [-0.25, -0.2) is 0 Å². The molecule has 0 spiro atoms. The molecule has 1 unspecified atom stereocenters. The van der Waals surface area contributed by atoms with E-state index < -0.39 is 5.54 Å². The Labute approximate surface area is 127 Å². The summed E-state index contributed by atoms with van der Waals surface area (Å²) in [6, 6.07) is 15.6. The van der Waals surface area contributed by atoms with Crippen LogP contribution in [0.25, 0.3) is 0 Å². The molecule has 0 bridgehead atoms. The van der Waals surface area contributed by atoms with Crippen LogP contribution in [0.4, 0.5) is 5.69 Å². The Morgan fingerprint density at radius 1 is 1.20 bits per heavy atom. The molecule has 2 aromatic carbocycles. The van der Waals surface area contributed by atoms with Gasteiger partial charge in [0, 0.05) is 16.2 Å². The van der Waals surface area contributed by atoms with Crippen molar-refractivity contribution in [2.45, 2.75) is 12.5 Å². The van der Waals surface area contributed by atoms with Crippen molar-refractivity contribution in [3.8, 4) is 5.75 Å². The van der Waals surface area contributed by atoms with Crippen LogP contribution >= 0.6 is 15.9 Å². The van der Waals surface area contributed by atoms with Gasteiger partial charge in [-0.05, 0) is 36.8 Å². The number of hydrogen-bond acceptors (Lipinski definition) is 3. The van der Waals surface area contributed by atoms with Crippen LogP contribution < -0.4 is 10.1 Å². The molecule has 0 heterocycles. The highest BCUT2D eigenvalue weighted by Crippen LogP contribution is 2.29. The Kier molecular flexibility index (Phi) is 4.68. The quantitative estimate of drug-likeness (QED) is 0.873. The van der Waals surface area contributed by atoms with Crippen LogP contribution in [0.1, 0.15) is 12.5 Å². The van der Waals surface area contributed by atoms with E-state index >= 15 is 0 Å². The Morgan fingerprint density at radius 3 is 2.60 bits per heavy atom. The molecule has 0 saturated heterocycles. The first-order valence-corrected chi connectivity index (χ1v) is 7.16. The van der Waals surface area contributed by atoms with E-state index in [1.54, 1.807) is 7.11 Å². The summed E-state index contributed by atoms with van der Waals surface area (Å²) in [5, 5.41) is 13.2. The van der Waals surface area contributed by atoms with Gasteiger partial charge in [-0.2, -0.15) is 0 Å². The van der Waals surface area contributed by atoms with Crippen LogP contribution in [0.5, 0.6) is 5.75 Å². The molecule has 0 radical (unpaired) electrons. The number of hydrogen-bond donors (Lipinski definition) is 2. The first kappa shape index (κ1) is 14.9. The van der Waals surface area contributed by atoms with Gasteiger partial charge in [-0.15, -0.1) is 0 Å². The highest BCUT2D eigenvalue weighted by molar-refractivity contribution is 9.10. The minimum absolute atomic E-state index is 0.0132. The fourth-order valence-electron chi connectivity index (χ4n) is 2.05. The zero-order valence-electron chi connectivity index (χ0n) is 11.6. The standard InChI is InChI=1S/C16H18BrNO2/c1-16(11-19,12-5-3-6-13(17)9-12)18-14-7-4-8-15(10-14)20-2/h3-10,18-19H,11H2,1-2H3. The average molecular weight is 336 g/mol. The fraction of sp³-hybridized carbons (Fsp3) is 0.250. The van der Waals surface area contributed by atoms with Crippen molar-refractivity contribution in [1.29, 1.82) is 0 Å². The van der Waals surface area contributed by atoms with E-state index in [9.17, 15) is 5.11 Å². The van der Waals surface area contributed by atoms with E-state index in [0.29, 0.717) is 0 Å². The second kappa shape index (κ2) is 6.29. The van der Waals surface area contributed by atoms with E-state index in [-0.39, 0.29) is 6.61 Å². The maximum Gasteiger partial charge on any atom is 0.120 e. The van der Waals surface area contributed by atoms with E-state index in [4.69, 9.17) is 4.74 Å². The van der Waals surface area contributed by atoms with E-state index in [1.807, 2.05) is 55.5 Å². The number of anilines is 1. The number of benzene rings is 2. The molecule has 20 heavy (non-hydrogen) atoms. The third-order valence-electron chi connectivity index (χ3n) is 3.27. The molecule has 1 atom stereocenters. The Bertz CT molecular complexity index is 588. The Hall–Kier alpha value is -1.52. The van der Waals surface area contributed by atoms with Crippen LogP contribution in [-0.4, -0.2) is 18.8 Å². The summed E-state index contributed by atoms with van der Waals surface area (Å²) in [5.74, 6) is 0.782. The van der Waals surface area contributed by atoms with Crippen LogP contribution in [0.2, 0.25) is 0 Å². The van der Waals surface area contributed by atoms with Gasteiger partial charge in [-0.1, -0.05) is 34.1 Å². The molecule has 0 fully saturated rings. The van der Waals surface area contributed by atoms with Crippen LogP contribution in [0.3, 0.4) is 0 Å². The molecule has 2 N–H and O–H groups in total. The number of aliphatic hydroxyl groups is 1. The summed E-state index contributed by atoms with van der Waals surface area (Å²) in [4.78, 5) is 0. The van der Waals surface area contributed by atoms with Crippen molar-refractivity contribution in [2.75, 3.05) is 19.0 Å². The normalized spacial score (nSPS) is 13.6. The summed E-state index contributed by atoms with van der Waals surface area (Å²) in [6.07, 6.45) is 0. The lowest BCUT2D eigenvalue weighted by Crippen LogP contribution is -2.35. The van der Waals surface area contributed by atoms with Gasteiger partial charge in [0.1, 0.15) is 5.75 Å². The lowest BCUT2D eigenvalue weighted by Gasteiger charge is -2.31. The summed E-state index contributed by atoms with van der Waals surface area (Å²) in [6.45, 7) is 1.95. The predicted octanol–water partition coefficient (Wildman–Crippen LogP) is 3.78. The molecule has 0 amide bonds. The summed E-state index contributed by atoms with van der Waals surface area (Å²) in [7, 11) is 1.64. The van der Waals surface area contributed by atoms with E-state index in [1.165, 1.54) is 0 Å². The van der Waals surface area contributed by atoms with Gasteiger partial charge in [-0.3, -0.25) is 0 Å².